The highest BCUT2D eigenvalue weighted by molar-refractivity contribution is 5.78. The zero-order chi connectivity index (χ0) is 14.9. The van der Waals surface area contributed by atoms with Crippen LogP contribution in [0.2, 0.25) is 0 Å². The number of aromatic nitrogens is 2. The van der Waals surface area contributed by atoms with Crippen molar-refractivity contribution in [3.8, 4) is 0 Å². The van der Waals surface area contributed by atoms with Crippen molar-refractivity contribution in [2.24, 2.45) is 0 Å². The summed E-state index contributed by atoms with van der Waals surface area (Å²) in [6, 6.07) is 11.0. The third kappa shape index (κ3) is 2.84. The maximum absolute atomic E-state index is 12.9. The van der Waals surface area contributed by atoms with E-state index in [0.717, 1.165) is 22.8 Å². The van der Waals surface area contributed by atoms with E-state index in [4.69, 9.17) is 0 Å². The Morgan fingerprint density at radius 2 is 1.90 bits per heavy atom. The molecule has 1 aromatic heterocycles. The Balaban J connectivity index is 1.81. The van der Waals surface area contributed by atoms with Crippen LogP contribution in [0, 0.1) is 0 Å². The van der Waals surface area contributed by atoms with Crippen molar-refractivity contribution in [2.75, 3.05) is 5.32 Å². The van der Waals surface area contributed by atoms with Crippen LogP contribution in [0.15, 0.2) is 48.8 Å². The Labute approximate surface area is 118 Å². The van der Waals surface area contributed by atoms with E-state index in [1.165, 1.54) is 12.1 Å². The molecule has 0 saturated heterocycles. The number of hydrogen-bond acceptors (Lipinski definition) is 2. The summed E-state index contributed by atoms with van der Waals surface area (Å²) in [5, 5.41) is 3.01. The summed E-state index contributed by atoms with van der Waals surface area (Å²) in [7, 11) is 0. The first-order valence-electron chi connectivity index (χ1n) is 6.36. The summed E-state index contributed by atoms with van der Waals surface area (Å²) in [5.74, 6) is 0. The highest BCUT2D eigenvalue weighted by atomic mass is 19.4. The maximum Gasteiger partial charge on any atom is 0.416 e. The molecule has 3 aromatic rings. The van der Waals surface area contributed by atoms with Crippen molar-refractivity contribution in [3.05, 3.63) is 59.9 Å². The molecule has 6 heteroatoms. The summed E-state index contributed by atoms with van der Waals surface area (Å²) in [4.78, 5) is 7.06. The Bertz CT molecular complexity index is 762. The molecule has 1 heterocycles. The first kappa shape index (κ1) is 13.5. The lowest BCUT2D eigenvalue weighted by Crippen LogP contribution is -2.11. The molecular formula is C15H12F3N3. The van der Waals surface area contributed by atoms with Gasteiger partial charge in [0.2, 0.25) is 0 Å². The molecule has 0 atom stereocenters. The molecule has 2 N–H and O–H groups in total. The number of anilines is 1. The molecule has 0 aliphatic heterocycles. The minimum Gasteiger partial charge on any atom is -0.381 e. The maximum atomic E-state index is 12.9. The van der Waals surface area contributed by atoms with E-state index in [1.807, 2.05) is 12.1 Å². The SMILES string of the molecule is FC(F)(F)c1ccccc1CNc1ccc2nc[nH]c2c1. The molecule has 0 fully saturated rings. The second-order valence-corrected chi connectivity index (χ2v) is 4.64. The van der Waals surface area contributed by atoms with E-state index in [1.54, 1.807) is 18.5 Å². The van der Waals surface area contributed by atoms with Gasteiger partial charge in [0.05, 0.1) is 22.9 Å². The van der Waals surface area contributed by atoms with E-state index >= 15 is 0 Å². The number of hydrogen-bond donors (Lipinski definition) is 2. The highest BCUT2D eigenvalue weighted by Gasteiger charge is 2.32. The van der Waals surface area contributed by atoms with Crippen LogP contribution in [0.1, 0.15) is 11.1 Å². The van der Waals surface area contributed by atoms with Gasteiger partial charge in [-0.1, -0.05) is 18.2 Å². The number of alkyl halides is 3. The van der Waals surface area contributed by atoms with E-state index in [9.17, 15) is 13.2 Å². The van der Waals surface area contributed by atoms with E-state index in [-0.39, 0.29) is 12.1 Å². The monoisotopic (exact) mass is 291 g/mol. The number of H-pyrrole nitrogens is 1. The third-order valence-electron chi connectivity index (χ3n) is 3.23. The molecule has 0 spiro atoms. The molecule has 0 aliphatic rings. The lowest BCUT2D eigenvalue weighted by Gasteiger charge is -2.13. The smallest absolute Gasteiger partial charge is 0.381 e. The fourth-order valence-corrected chi connectivity index (χ4v) is 2.19. The fourth-order valence-electron chi connectivity index (χ4n) is 2.19. The van der Waals surface area contributed by atoms with Gasteiger partial charge < -0.3 is 10.3 Å². The van der Waals surface area contributed by atoms with Crippen molar-refractivity contribution < 1.29 is 13.2 Å². The average molecular weight is 291 g/mol. The van der Waals surface area contributed by atoms with Gasteiger partial charge in [-0.15, -0.1) is 0 Å². The van der Waals surface area contributed by atoms with Crippen molar-refractivity contribution in [1.29, 1.82) is 0 Å². The second-order valence-electron chi connectivity index (χ2n) is 4.64. The molecule has 2 aromatic carbocycles. The summed E-state index contributed by atoms with van der Waals surface area (Å²) in [5.41, 5.74) is 2.00. The van der Waals surface area contributed by atoms with Gasteiger partial charge in [0.1, 0.15) is 0 Å². The van der Waals surface area contributed by atoms with Gasteiger partial charge >= 0.3 is 6.18 Å². The van der Waals surface area contributed by atoms with Gasteiger partial charge in [0.15, 0.2) is 0 Å². The topological polar surface area (TPSA) is 40.7 Å². The zero-order valence-electron chi connectivity index (χ0n) is 10.9. The normalized spacial score (nSPS) is 11.8. The molecule has 3 nitrogen and oxygen atoms in total. The standard InChI is InChI=1S/C15H12F3N3/c16-15(17,18)12-4-2-1-3-10(12)8-19-11-5-6-13-14(7-11)21-9-20-13/h1-7,9,19H,8H2,(H,20,21). The van der Waals surface area contributed by atoms with E-state index in [2.05, 4.69) is 15.3 Å². The number of fused-ring (bicyclic) bond motifs is 1. The van der Waals surface area contributed by atoms with Crippen molar-refractivity contribution in [1.82, 2.24) is 9.97 Å². The van der Waals surface area contributed by atoms with E-state index < -0.39 is 11.7 Å². The Morgan fingerprint density at radius 1 is 1.10 bits per heavy atom. The molecule has 21 heavy (non-hydrogen) atoms. The predicted octanol–water partition coefficient (Wildman–Crippen LogP) is 4.19. The average Bonchev–Trinajstić information content (AvgIpc) is 2.92. The Hall–Kier alpha value is -2.50. The Kier molecular flexibility index (Phi) is 3.29. The summed E-state index contributed by atoms with van der Waals surface area (Å²) < 4.78 is 38.7. The summed E-state index contributed by atoms with van der Waals surface area (Å²) >= 11 is 0. The van der Waals surface area contributed by atoms with Crippen LogP contribution in [0.4, 0.5) is 18.9 Å². The molecule has 0 unspecified atom stereocenters. The third-order valence-corrected chi connectivity index (χ3v) is 3.23. The van der Waals surface area contributed by atoms with Crippen LogP contribution >= 0.6 is 0 Å². The minimum absolute atomic E-state index is 0.106. The second kappa shape index (κ2) is 5.12. The fraction of sp³-hybridized carbons (Fsp3) is 0.133. The summed E-state index contributed by atoms with van der Waals surface area (Å²) in [6.07, 6.45) is -2.76. The lowest BCUT2D eigenvalue weighted by molar-refractivity contribution is -0.138. The molecule has 0 radical (unpaired) electrons. The Morgan fingerprint density at radius 3 is 2.71 bits per heavy atom. The van der Waals surface area contributed by atoms with Gasteiger partial charge in [-0.05, 0) is 29.8 Å². The number of rotatable bonds is 3. The van der Waals surface area contributed by atoms with Crippen molar-refractivity contribution >= 4 is 16.7 Å². The summed E-state index contributed by atoms with van der Waals surface area (Å²) in [6.45, 7) is 0.106. The van der Waals surface area contributed by atoms with Gasteiger partial charge in [-0.2, -0.15) is 13.2 Å². The van der Waals surface area contributed by atoms with Crippen LogP contribution in [-0.2, 0) is 12.7 Å². The van der Waals surface area contributed by atoms with Crippen molar-refractivity contribution in [3.63, 3.8) is 0 Å². The molecule has 0 amide bonds. The molecule has 0 bridgehead atoms. The van der Waals surface area contributed by atoms with Crippen LogP contribution in [0.5, 0.6) is 0 Å². The molecular weight excluding hydrogens is 279 g/mol. The first-order chi connectivity index (χ1) is 10.0. The number of aromatic amines is 1. The number of halogens is 3. The van der Waals surface area contributed by atoms with Gasteiger partial charge in [0, 0.05) is 12.2 Å². The molecule has 0 aliphatic carbocycles. The number of nitrogens with one attached hydrogen (secondary N) is 2. The number of imidazole rings is 1. The van der Waals surface area contributed by atoms with Gasteiger partial charge in [0.25, 0.3) is 0 Å². The van der Waals surface area contributed by atoms with Crippen LogP contribution in [-0.4, -0.2) is 9.97 Å². The predicted molar refractivity (Wildman–Crippen MR) is 74.9 cm³/mol. The van der Waals surface area contributed by atoms with Crippen LogP contribution < -0.4 is 5.32 Å². The van der Waals surface area contributed by atoms with Gasteiger partial charge in [-0.3, -0.25) is 0 Å². The van der Waals surface area contributed by atoms with E-state index in [0.29, 0.717) is 0 Å². The minimum atomic E-state index is -4.34. The van der Waals surface area contributed by atoms with Crippen molar-refractivity contribution in [2.45, 2.75) is 12.7 Å². The van der Waals surface area contributed by atoms with Gasteiger partial charge in [-0.25, -0.2) is 4.98 Å². The molecule has 0 saturated carbocycles. The quantitative estimate of drug-likeness (QED) is 0.759. The number of nitrogens with zero attached hydrogens (tertiary/aromatic N) is 1. The zero-order valence-corrected chi connectivity index (χ0v) is 10.9. The molecule has 108 valence electrons. The van der Waals surface area contributed by atoms with Crippen LogP contribution in [0.25, 0.3) is 11.0 Å². The lowest BCUT2D eigenvalue weighted by atomic mass is 10.1. The first-order valence-corrected chi connectivity index (χ1v) is 6.36. The molecule has 3 rings (SSSR count). The largest absolute Gasteiger partial charge is 0.416 e. The van der Waals surface area contributed by atoms with Crippen LogP contribution in [0.3, 0.4) is 0 Å². The number of benzene rings is 2. The highest BCUT2D eigenvalue weighted by Crippen LogP contribution is 2.32.